The van der Waals surface area contributed by atoms with Crippen LogP contribution in [0.2, 0.25) is 0 Å². The molecular formula is C39H50N4O3S. The van der Waals surface area contributed by atoms with Crippen LogP contribution in [0.25, 0.3) is 10.4 Å². The number of ether oxygens (including phenoxy) is 1. The van der Waals surface area contributed by atoms with Gasteiger partial charge in [-0.2, -0.15) is 0 Å². The van der Waals surface area contributed by atoms with Crippen LogP contribution in [-0.4, -0.2) is 61.5 Å². The zero-order chi connectivity index (χ0) is 32.5. The lowest BCUT2D eigenvalue weighted by atomic mass is 9.78. The fraction of sp³-hybridized carbons (Fsp3) is 0.564. The number of aromatic nitrogens is 1. The van der Waals surface area contributed by atoms with Crippen molar-refractivity contribution in [3.05, 3.63) is 64.8 Å². The molecular weight excluding hydrogens is 605 g/mol. The Morgan fingerprint density at radius 1 is 0.936 bits per heavy atom. The number of rotatable bonds is 10. The molecule has 3 saturated carbocycles. The summed E-state index contributed by atoms with van der Waals surface area (Å²) >= 11 is 1.80. The van der Waals surface area contributed by atoms with Crippen LogP contribution in [0.1, 0.15) is 92.2 Å². The van der Waals surface area contributed by atoms with Crippen LogP contribution in [-0.2, 0) is 9.59 Å². The molecule has 250 valence electrons. The number of hydrogen-bond donors (Lipinski definition) is 1. The maximum atomic E-state index is 14.4. The number of nitrogens with zero attached hydrogens (tertiary/aromatic N) is 3. The largest absolute Gasteiger partial charge is 0.496 e. The van der Waals surface area contributed by atoms with Gasteiger partial charge in [-0.05, 0) is 125 Å². The van der Waals surface area contributed by atoms with E-state index in [1.807, 2.05) is 6.20 Å². The van der Waals surface area contributed by atoms with Crippen molar-refractivity contribution < 1.29 is 14.3 Å². The van der Waals surface area contributed by atoms with E-state index in [4.69, 9.17) is 9.72 Å². The normalized spacial score (nSPS) is 25.2. The number of hydrogen-bond acceptors (Lipinski definition) is 6. The van der Waals surface area contributed by atoms with Gasteiger partial charge in [-0.1, -0.05) is 24.3 Å². The van der Waals surface area contributed by atoms with Crippen molar-refractivity contribution in [3.63, 3.8) is 0 Å². The molecule has 3 aliphatic carbocycles. The first-order valence-electron chi connectivity index (χ1n) is 17.9. The number of thiazole rings is 1. The Balaban J connectivity index is 1.04. The molecule has 8 heteroatoms. The van der Waals surface area contributed by atoms with Crippen molar-refractivity contribution >= 4 is 28.8 Å². The summed E-state index contributed by atoms with van der Waals surface area (Å²) in [5.74, 6) is 3.16. The van der Waals surface area contributed by atoms with Crippen LogP contribution in [0, 0.1) is 24.7 Å². The molecule has 0 spiro atoms. The van der Waals surface area contributed by atoms with Crippen molar-refractivity contribution in [1.82, 2.24) is 15.2 Å². The molecule has 7 nitrogen and oxygen atoms in total. The summed E-state index contributed by atoms with van der Waals surface area (Å²) in [7, 11) is 3.79. The van der Waals surface area contributed by atoms with E-state index in [1.54, 1.807) is 18.4 Å². The molecule has 4 aliphatic rings. The first-order valence-corrected chi connectivity index (χ1v) is 18.7. The summed E-state index contributed by atoms with van der Waals surface area (Å²) in [6.07, 6.45) is 12.4. The summed E-state index contributed by atoms with van der Waals surface area (Å²) < 4.78 is 5.50. The molecule has 2 heterocycles. The minimum Gasteiger partial charge on any atom is -0.496 e. The summed E-state index contributed by atoms with van der Waals surface area (Å²) in [4.78, 5) is 37.4. The van der Waals surface area contributed by atoms with Gasteiger partial charge in [0.2, 0.25) is 11.8 Å². The molecule has 0 atom stereocenters. The molecule has 2 amide bonds. The van der Waals surface area contributed by atoms with Crippen molar-refractivity contribution in [2.24, 2.45) is 17.8 Å². The van der Waals surface area contributed by atoms with Gasteiger partial charge >= 0.3 is 0 Å². The summed E-state index contributed by atoms with van der Waals surface area (Å²) in [5, 5.41) is 4.54. The Kier molecular flexibility index (Phi) is 9.69. The maximum absolute atomic E-state index is 14.4. The average molecular weight is 655 g/mol. The highest BCUT2D eigenvalue weighted by Gasteiger charge is 2.35. The molecule has 0 unspecified atom stereocenters. The summed E-state index contributed by atoms with van der Waals surface area (Å²) in [5.41, 5.74) is 4.76. The topological polar surface area (TPSA) is 74.8 Å². The second-order valence-electron chi connectivity index (χ2n) is 14.8. The average Bonchev–Trinajstić information content (AvgIpc) is 3.81. The van der Waals surface area contributed by atoms with E-state index in [0.717, 1.165) is 88.0 Å². The van der Waals surface area contributed by atoms with E-state index >= 15 is 0 Å². The number of anilines is 1. The predicted molar refractivity (Wildman–Crippen MR) is 189 cm³/mol. The molecule has 7 rings (SSSR count). The van der Waals surface area contributed by atoms with Gasteiger partial charge in [0.25, 0.3) is 0 Å². The Morgan fingerprint density at radius 3 is 2.36 bits per heavy atom. The smallest absolute Gasteiger partial charge is 0.230 e. The summed E-state index contributed by atoms with van der Waals surface area (Å²) in [6, 6.07) is 15.4. The maximum Gasteiger partial charge on any atom is 0.230 e. The molecule has 0 radical (unpaired) electrons. The summed E-state index contributed by atoms with van der Waals surface area (Å²) in [6.45, 7) is 4.58. The fourth-order valence-corrected chi connectivity index (χ4v) is 9.15. The van der Waals surface area contributed by atoms with Gasteiger partial charge in [-0.3, -0.25) is 9.59 Å². The Morgan fingerprint density at radius 2 is 1.68 bits per heavy atom. The minimum absolute atomic E-state index is 0.00914. The Hall–Kier alpha value is -3.23. The van der Waals surface area contributed by atoms with Gasteiger partial charge in [-0.25, -0.2) is 4.98 Å². The highest BCUT2D eigenvalue weighted by Crippen LogP contribution is 2.44. The quantitative estimate of drug-likeness (QED) is 0.245. The standard InChI is InChI=1S/C39H50N4O3S/c1-25-19-30(15-18-35(25)46-3)27-9-7-26(8-10-27)22-43(34-6-4-5-31(20-34)36-21-40-38(47-36)28-11-12-28)39(45)29-13-16-33(17-14-29)41-37(44)32-23-42(2)24-32/h4-6,15,18-21,26-29,32-33H,7-14,16-17,22-24H2,1-3H3,(H,41,44)/t26-,27-,29-,33-. The van der Waals surface area contributed by atoms with Crippen LogP contribution in [0.15, 0.2) is 48.7 Å². The molecule has 4 fully saturated rings. The third-order valence-electron chi connectivity index (χ3n) is 11.2. The molecule has 1 aliphatic heterocycles. The van der Waals surface area contributed by atoms with Gasteiger partial charge in [0.15, 0.2) is 0 Å². The van der Waals surface area contributed by atoms with Crippen LogP contribution >= 0.6 is 11.3 Å². The first-order chi connectivity index (χ1) is 22.8. The molecule has 1 N–H and O–H groups in total. The second-order valence-corrected chi connectivity index (χ2v) is 15.8. The molecule has 1 saturated heterocycles. The zero-order valence-electron chi connectivity index (χ0n) is 28.2. The number of amides is 2. The first kappa shape index (κ1) is 32.3. The van der Waals surface area contributed by atoms with Gasteiger partial charge in [0, 0.05) is 49.4 Å². The number of benzene rings is 2. The Labute approximate surface area is 284 Å². The number of aryl methyl sites for hydroxylation is 1. The van der Waals surface area contributed by atoms with Crippen LogP contribution in [0.5, 0.6) is 5.75 Å². The number of carbonyl (C=O) groups is 2. The van der Waals surface area contributed by atoms with E-state index in [-0.39, 0.29) is 29.7 Å². The molecule has 47 heavy (non-hydrogen) atoms. The molecule has 2 aromatic carbocycles. The number of nitrogens with one attached hydrogen (secondary N) is 1. The van der Waals surface area contributed by atoms with E-state index in [1.165, 1.54) is 33.9 Å². The van der Waals surface area contributed by atoms with Crippen LogP contribution in [0.4, 0.5) is 5.69 Å². The third-order valence-corrected chi connectivity index (χ3v) is 12.4. The van der Waals surface area contributed by atoms with Crippen molar-refractivity contribution in [2.75, 3.05) is 38.7 Å². The van der Waals surface area contributed by atoms with E-state index in [9.17, 15) is 9.59 Å². The van der Waals surface area contributed by atoms with Crippen molar-refractivity contribution in [2.45, 2.75) is 89.0 Å². The van der Waals surface area contributed by atoms with Gasteiger partial charge < -0.3 is 19.9 Å². The number of methoxy groups -OCH3 is 1. The minimum atomic E-state index is -0.00914. The monoisotopic (exact) mass is 654 g/mol. The highest BCUT2D eigenvalue weighted by molar-refractivity contribution is 7.15. The molecule has 0 bridgehead atoms. The third kappa shape index (κ3) is 7.44. The lowest BCUT2D eigenvalue weighted by Gasteiger charge is -2.38. The second kappa shape index (κ2) is 14.1. The van der Waals surface area contributed by atoms with Gasteiger partial charge in [0.05, 0.1) is 22.9 Å². The number of carbonyl (C=O) groups excluding carboxylic acids is 2. The molecule has 3 aromatic rings. The van der Waals surface area contributed by atoms with Crippen molar-refractivity contribution in [1.29, 1.82) is 0 Å². The van der Waals surface area contributed by atoms with Crippen LogP contribution in [0.3, 0.4) is 0 Å². The zero-order valence-corrected chi connectivity index (χ0v) is 29.1. The van der Waals surface area contributed by atoms with Gasteiger partial charge in [0.1, 0.15) is 5.75 Å². The van der Waals surface area contributed by atoms with Gasteiger partial charge in [-0.15, -0.1) is 11.3 Å². The number of likely N-dealkylation sites (tertiary alicyclic amines) is 1. The molecule has 1 aromatic heterocycles. The highest BCUT2D eigenvalue weighted by atomic mass is 32.1. The van der Waals surface area contributed by atoms with E-state index < -0.39 is 0 Å². The lowest BCUT2D eigenvalue weighted by Crippen LogP contribution is -2.54. The predicted octanol–water partition coefficient (Wildman–Crippen LogP) is 7.55. The van der Waals surface area contributed by atoms with Crippen molar-refractivity contribution in [3.8, 4) is 16.2 Å². The van der Waals surface area contributed by atoms with Crippen LogP contribution < -0.4 is 15.0 Å². The van der Waals surface area contributed by atoms with E-state index in [2.05, 4.69) is 71.6 Å². The SMILES string of the molecule is COc1ccc([C@H]2CC[C@H](CN(c3cccc(-c4cnc(C5CC5)s4)c3)C(=O)[C@H]3CC[C@H](NC(=O)C4CN(C)C4)CC3)CC2)cc1C. The fourth-order valence-electron chi connectivity index (χ4n) is 8.07. The van der Waals surface area contributed by atoms with E-state index in [0.29, 0.717) is 17.8 Å². The Bertz CT molecular complexity index is 1560. The lowest BCUT2D eigenvalue weighted by molar-refractivity contribution is -0.130.